The van der Waals surface area contributed by atoms with Gasteiger partial charge >= 0.3 is 139 Å². The van der Waals surface area contributed by atoms with E-state index >= 15 is 0 Å². The van der Waals surface area contributed by atoms with E-state index in [0.29, 0.717) is 0 Å². The van der Waals surface area contributed by atoms with Crippen LogP contribution in [0.5, 0.6) is 5.75 Å². The zero-order valence-electron chi connectivity index (χ0n) is 11.8. The van der Waals surface area contributed by atoms with E-state index in [0.717, 1.165) is 22.2 Å². The van der Waals surface area contributed by atoms with E-state index in [1.165, 1.54) is 14.3 Å². The zero-order valence-corrected chi connectivity index (χ0v) is 15.1. The summed E-state index contributed by atoms with van der Waals surface area (Å²) in [6, 6.07) is 10.4. The van der Waals surface area contributed by atoms with Crippen molar-refractivity contribution in [3.63, 3.8) is 0 Å². The Morgan fingerprint density at radius 1 is 1.43 bits per heavy atom. The first kappa shape index (κ1) is 14.9. The van der Waals surface area contributed by atoms with Gasteiger partial charge in [0.25, 0.3) is 0 Å². The maximum absolute atomic E-state index is 6.46. The summed E-state index contributed by atoms with van der Waals surface area (Å²) in [5.74, 6) is 0.901. The molecule has 0 aliphatic carbocycles. The van der Waals surface area contributed by atoms with E-state index in [2.05, 4.69) is 35.8 Å². The molecule has 2 aromatic heterocycles. The van der Waals surface area contributed by atoms with Crippen molar-refractivity contribution in [1.82, 2.24) is 0 Å². The Morgan fingerprint density at radius 3 is 2.95 bits per heavy atom. The molecule has 0 aliphatic heterocycles. The summed E-state index contributed by atoms with van der Waals surface area (Å²) in [7, 11) is 1.70. The molecule has 0 radical (unpaired) electrons. The van der Waals surface area contributed by atoms with E-state index in [-0.39, 0.29) is 14.5 Å². The molecule has 0 saturated heterocycles. The van der Waals surface area contributed by atoms with E-state index in [4.69, 9.17) is 16.3 Å². The average molecular weight is 384 g/mol. The third kappa shape index (κ3) is 2.95. The molecular weight excluding hydrogens is 369 g/mol. The van der Waals surface area contributed by atoms with Gasteiger partial charge in [0.15, 0.2) is 0 Å². The van der Waals surface area contributed by atoms with Gasteiger partial charge < -0.3 is 0 Å². The van der Waals surface area contributed by atoms with Crippen LogP contribution in [0.2, 0.25) is 0 Å². The number of hydrogen-bond acceptors (Lipinski definition) is 2. The summed E-state index contributed by atoms with van der Waals surface area (Å²) in [4.78, 5) is 1.12. The van der Waals surface area contributed by atoms with Gasteiger partial charge in [0.2, 0.25) is 0 Å². The summed E-state index contributed by atoms with van der Waals surface area (Å²) in [5, 5.41) is 2.87. The SMILES string of the molecule is CC[n+]1c(C=C(Cl)c2cccs2)[se]c2ccc(OC)cc21. The molecule has 0 atom stereocenters. The molecule has 0 bridgehead atoms. The van der Waals surface area contributed by atoms with Crippen LogP contribution in [0.4, 0.5) is 0 Å². The summed E-state index contributed by atoms with van der Waals surface area (Å²) in [6.07, 6.45) is 2.11. The van der Waals surface area contributed by atoms with Crippen LogP contribution in [-0.2, 0) is 6.54 Å². The second-order valence-corrected chi connectivity index (χ2v) is 8.07. The maximum atomic E-state index is 6.46. The van der Waals surface area contributed by atoms with Crippen molar-refractivity contribution in [3.8, 4) is 5.75 Å². The van der Waals surface area contributed by atoms with Crippen LogP contribution in [0.15, 0.2) is 35.7 Å². The van der Waals surface area contributed by atoms with Crippen LogP contribution in [0.3, 0.4) is 0 Å². The molecular formula is C16H15ClNOSSe+. The molecule has 0 saturated carbocycles. The molecule has 1 aromatic carbocycles. The van der Waals surface area contributed by atoms with E-state index in [1.807, 2.05) is 17.5 Å². The number of benzene rings is 1. The monoisotopic (exact) mass is 384 g/mol. The van der Waals surface area contributed by atoms with Crippen molar-refractivity contribution in [2.75, 3.05) is 7.11 Å². The fraction of sp³-hybridized carbons (Fsp3) is 0.188. The molecule has 0 amide bonds. The second kappa shape index (κ2) is 6.37. The molecule has 3 aromatic rings. The predicted molar refractivity (Wildman–Crippen MR) is 91.4 cm³/mol. The first-order valence-corrected chi connectivity index (χ1v) is 9.61. The number of methoxy groups -OCH3 is 1. The Morgan fingerprint density at radius 2 is 2.29 bits per heavy atom. The molecule has 0 aliphatic rings. The van der Waals surface area contributed by atoms with Crippen LogP contribution in [0.25, 0.3) is 20.9 Å². The zero-order chi connectivity index (χ0) is 14.8. The molecule has 3 rings (SSSR count). The van der Waals surface area contributed by atoms with Crippen molar-refractivity contribution < 1.29 is 9.30 Å². The van der Waals surface area contributed by atoms with Crippen LogP contribution in [-0.4, -0.2) is 21.6 Å². The summed E-state index contributed by atoms with van der Waals surface area (Å²) < 4.78 is 10.3. The van der Waals surface area contributed by atoms with Crippen LogP contribution in [0, 0.1) is 0 Å². The Balaban J connectivity index is 2.12. The molecule has 0 unspecified atom stereocenters. The quantitative estimate of drug-likeness (QED) is 0.490. The van der Waals surface area contributed by atoms with Gasteiger partial charge in [-0.3, -0.25) is 0 Å². The topological polar surface area (TPSA) is 13.1 Å². The van der Waals surface area contributed by atoms with Gasteiger partial charge in [-0.25, -0.2) is 0 Å². The minimum atomic E-state index is 0.287. The van der Waals surface area contributed by atoms with Crippen LogP contribution in [0.1, 0.15) is 16.4 Å². The molecule has 0 N–H and O–H groups in total. The fourth-order valence-corrected chi connectivity index (χ4v) is 5.73. The first-order valence-electron chi connectivity index (χ1n) is 6.64. The first-order chi connectivity index (χ1) is 10.2. The van der Waals surface area contributed by atoms with E-state index < -0.39 is 0 Å². The van der Waals surface area contributed by atoms with Gasteiger partial charge in [-0.2, -0.15) is 0 Å². The minimum absolute atomic E-state index is 0.287. The summed E-state index contributed by atoms with van der Waals surface area (Å²) in [5.41, 5.74) is 1.25. The Hall–Kier alpha value is -1.06. The van der Waals surface area contributed by atoms with Gasteiger partial charge in [0, 0.05) is 0 Å². The third-order valence-electron chi connectivity index (χ3n) is 3.26. The fourth-order valence-electron chi connectivity index (χ4n) is 2.24. The molecule has 2 nitrogen and oxygen atoms in total. The number of fused-ring (bicyclic) bond motifs is 1. The average Bonchev–Trinajstić information content (AvgIpc) is 3.13. The molecule has 21 heavy (non-hydrogen) atoms. The number of hydrogen-bond donors (Lipinski definition) is 0. The molecule has 0 fully saturated rings. The Labute approximate surface area is 139 Å². The molecule has 108 valence electrons. The van der Waals surface area contributed by atoms with Gasteiger partial charge in [-0.15, -0.1) is 0 Å². The number of aromatic nitrogens is 1. The van der Waals surface area contributed by atoms with Crippen molar-refractivity contribution in [2.45, 2.75) is 13.5 Å². The Bertz CT molecular complexity index is 792. The molecule has 0 spiro atoms. The Kier molecular flexibility index (Phi) is 4.51. The standard InChI is InChI=1S/C16H15ClNOSSe/c1-3-18-13-9-11(19-2)6-7-15(13)21-16(18)10-12(17)14-5-4-8-20-14/h4-10H,3H2,1-2H3/q+1. The van der Waals surface area contributed by atoms with Crippen molar-refractivity contribution in [3.05, 3.63) is 45.2 Å². The van der Waals surface area contributed by atoms with Crippen molar-refractivity contribution in [2.24, 2.45) is 0 Å². The number of aryl methyl sites for hydroxylation is 1. The van der Waals surface area contributed by atoms with Crippen LogP contribution < -0.4 is 9.30 Å². The molecule has 5 heteroatoms. The number of thiophene rings is 1. The summed E-state index contributed by atoms with van der Waals surface area (Å²) >= 11 is 8.42. The predicted octanol–water partition coefficient (Wildman–Crippen LogP) is 4.01. The molecule has 2 heterocycles. The summed E-state index contributed by atoms with van der Waals surface area (Å²) in [6.45, 7) is 3.10. The van der Waals surface area contributed by atoms with Gasteiger partial charge in [-0.1, -0.05) is 0 Å². The second-order valence-electron chi connectivity index (χ2n) is 4.49. The van der Waals surface area contributed by atoms with E-state index in [1.54, 1.807) is 18.4 Å². The van der Waals surface area contributed by atoms with Crippen molar-refractivity contribution >= 4 is 58.3 Å². The number of nitrogens with zero attached hydrogens (tertiary/aromatic N) is 1. The van der Waals surface area contributed by atoms with Crippen LogP contribution >= 0.6 is 22.9 Å². The third-order valence-corrected chi connectivity index (χ3v) is 6.92. The number of ether oxygens (including phenoxy) is 1. The number of halogens is 1. The van der Waals surface area contributed by atoms with Crippen molar-refractivity contribution in [1.29, 1.82) is 0 Å². The van der Waals surface area contributed by atoms with Gasteiger partial charge in [0.1, 0.15) is 0 Å². The number of rotatable bonds is 4. The normalized spacial score (nSPS) is 12.0. The van der Waals surface area contributed by atoms with Gasteiger partial charge in [-0.05, 0) is 0 Å². The van der Waals surface area contributed by atoms with Gasteiger partial charge in [0.05, 0.1) is 0 Å². The van der Waals surface area contributed by atoms with E-state index in [9.17, 15) is 0 Å².